The second-order valence-corrected chi connectivity index (χ2v) is 3.22. The van der Waals surface area contributed by atoms with Crippen LogP contribution in [0, 0.1) is 0 Å². The molecule has 0 aliphatic rings. The largest absolute Gasteiger partial charge is 0.480 e. The van der Waals surface area contributed by atoms with E-state index in [0.717, 1.165) is 0 Å². The summed E-state index contributed by atoms with van der Waals surface area (Å²) in [5.74, 6) is -2.72. The average molecular weight is 241 g/mol. The van der Waals surface area contributed by atoms with Crippen molar-refractivity contribution < 1.29 is 19.5 Å². The molecule has 0 spiro atoms. The monoisotopic (exact) mass is 241 g/mol. The molecule has 1 unspecified atom stereocenters. The summed E-state index contributed by atoms with van der Waals surface area (Å²) in [6.07, 6.45) is 2.09. The number of primary amides is 1. The SMILES string of the molecule is NC(=O)CC(NC(=O)Cn1cncn1)C(=O)O. The van der Waals surface area contributed by atoms with Gasteiger partial charge in [0.15, 0.2) is 0 Å². The van der Waals surface area contributed by atoms with Gasteiger partial charge in [0.1, 0.15) is 25.2 Å². The van der Waals surface area contributed by atoms with Crippen molar-refractivity contribution in [2.45, 2.75) is 19.0 Å². The third-order valence-corrected chi connectivity index (χ3v) is 1.81. The second-order valence-electron chi connectivity index (χ2n) is 3.22. The van der Waals surface area contributed by atoms with Crippen LogP contribution in [0.1, 0.15) is 6.42 Å². The molecule has 1 heterocycles. The fourth-order valence-electron chi connectivity index (χ4n) is 1.10. The van der Waals surface area contributed by atoms with Gasteiger partial charge in [0.05, 0.1) is 6.42 Å². The molecule has 1 aromatic rings. The van der Waals surface area contributed by atoms with Crippen LogP contribution in [0.25, 0.3) is 0 Å². The number of carboxylic acids is 1. The van der Waals surface area contributed by atoms with Crippen LogP contribution in [0.15, 0.2) is 12.7 Å². The minimum Gasteiger partial charge on any atom is -0.480 e. The Labute approximate surface area is 95.6 Å². The molecule has 9 nitrogen and oxygen atoms in total. The van der Waals surface area contributed by atoms with Crippen molar-refractivity contribution in [3.05, 3.63) is 12.7 Å². The topological polar surface area (TPSA) is 140 Å². The van der Waals surface area contributed by atoms with Crippen molar-refractivity contribution in [2.24, 2.45) is 5.73 Å². The van der Waals surface area contributed by atoms with E-state index in [1.165, 1.54) is 17.3 Å². The average Bonchev–Trinajstić information content (AvgIpc) is 2.68. The summed E-state index contributed by atoms with van der Waals surface area (Å²) in [7, 11) is 0. The number of amides is 2. The van der Waals surface area contributed by atoms with Gasteiger partial charge in [-0.2, -0.15) is 5.10 Å². The molecular formula is C8H11N5O4. The normalized spacial score (nSPS) is 11.8. The Balaban J connectivity index is 2.52. The number of aliphatic carboxylic acids is 1. The van der Waals surface area contributed by atoms with Gasteiger partial charge in [-0.15, -0.1) is 0 Å². The number of nitrogens with two attached hydrogens (primary N) is 1. The number of aromatic nitrogens is 3. The van der Waals surface area contributed by atoms with E-state index in [0.29, 0.717) is 0 Å². The fraction of sp³-hybridized carbons (Fsp3) is 0.375. The van der Waals surface area contributed by atoms with E-state index < -0.39 is 30.2 Å². The van der Waals surface area contributed by atoms with Gasteiger partial charge in [0.25, 0.3) is 0 Å². The van der Waals surface area contributed by atoms with E-state index in [1.54, 1.807) is 0 Å². The molecule has 92 valence electrons. The van der Waals surface area contributed by atoms with Crippen LogP contribution in [0.5, 0.6) is 0 Å². The summed E-state index contributed by atoms with van der Waals surface area (Å²) in [5.41, 5.74) is 4.86. The first kappa shape index (κ1) is 12.6. The maximum Gasteiger partial charge on any atom is 0.326 e. The van der Waals surface area contributed by atoms with Crippen LogP contribution in [-0.2, 0) is 20.9 Å². The number of nitrogens with one attached hydrogen (secondary N) is 1. The first-order chi connectivity index (χ1) is 7.99. The van der Waals surface area contributed by atoms with Crippen LogP contribution in [0.3, 0.4) is 0 Å². The molecule has 1 atom stereocenters. The first-order valence-electron chi connectivity index (χ1n) is 4.62. The zero-order chi connectivity index (χ0) is 12.8. The van der Waals surface area contributed by atoms with Gasteiger partial charge in [-0.05, 0) is 0 Å². The lowest BCUT2D eigenvalue weighted by molar-refractivity contribution is -0.143. The highest BCUT2D eigenvalue weighted by Crippen LogP contribution is 1.92. The highest BCUT2D eigenvalue weighted by atomic mass is 16.4. The van der Waals surface area contributed by atoms with E-state index in [-0.39, 0.29) is 6.54 Å². The molecule has 9 heteroatoms. The van der Waals surface area contributed by atoms with Crippen LogP contribution in [-0.4, -0.2) is 43.7 Å². The Hall–Kier alpha value is -2.45. The molecule has 0 saturated heterocycles. The third kappa shape index (κ3) is 4.28. The molecule has 0 fully saturated rings. The molecule has 0 aromatic carbocycles. The highest BCUT2D eigenvalue weighted by molar-refractivity contribution is 5.87. The van der Waals surface area contributed by atoms with E-state index in [1.807, 2.05) is 0 Å². The molecular weight excluding hydrogens is 230 g/mol. The number of hydrogen-bond donors (Lipinski definition) is 3. The molecule has 4 N–H and O–H groups in total. The van der Waals surface area contributed by atoms with Crippen LogP contribution < -0.4 is 11.1 Å². The molecule has 17 heavy (non-hydrogen) atoms. The molecule has 0 radical (unpaired) electrons. The summed E-state index contributed by atoms with van der Waals surface area (Å²) in [6, 6.07) is -1.33. The Kier molecular flexibility index (Phi) is 4.14. The Morgan fingerprint density at radius 3 is 2.65 bits per heavy atom. The Bertz CT molecular complexity index is 416. The zero-order valence-electron chi connectivity index (χ0n) is 8.74. The number of nitrogens with zero attached hydrogens (tertiary/aromatic N) is 3. The van der Waals surface area contributed by atoms with Crippen LogP contribution >= 0.6 is 0 Å². The number of carboxylic acid groups (broad SMARTS) is 1. The van der Waals surface area contributed by atoms with Gasteiger partial charge in [0, 0.05) is 0 Å². The quantitative estimate of drug-likeness (QED) is 0.512. The number of carbonyl (C=O) groups excluding carboxylic acids is 2. The van der Waals surface area contributed by atoms with Crippen molar-refractivity contribution in [3.63, 3.8) is 0 Å². The van der Waals surface area contributed by atoms with Crippen molar-refractivity contribution in [2.75, 3.05) is 0 Å². The minimum atomic E-state index is -1.33. The van der Waals surface area contributed by atoms with Crippen LogP contribution in [0.4, 0.5) is 0 Å². The molecule has 1 aromatic heterocycles. The van der Waals surface area contributed by atoms with Crippen molar-refractivity contribution in [3.8, 4) is 0 Å². The number of rotatable bonds is 6. The summed E-state index contributed by atoms with van der Waals surface area (Å²) in [6.45, 7) is -0.178. The van der Waals surface area contributed by atoms with Gasteiger partial charge in [0.2, 0.25) is 11.8 Å². The summed E-state index contributed by atoms with van der Waals surface area (Å²) in [4.78, 5) is 36.3. The molecule has 0 bridgehead atoms. The minimum absolute atomic E-state index is 0.178. The van der Waals surface area contributed by atoms with Gasteiger partial charge in [-0.25, -0.2) is 14.5 Å². The Morgan fingerprint density at radius 2 is 2.18 bits per heavy atom. The van der Waals surface area contributed by atoms with E-state index >= 15 is 0 Å². The molecule has 2 amide bonds. The number of carbonyl (C=O) groups is 3. The molecule has 0 aliphatic heterocycles. The van der Waals surface area contributed by atoms with E-state index in [4.69, 9.17) is 10.8 Å². The molecule has 0 saturated carbocycles. The lowest BCUT2D eigenvalue weighted by atomic mass is 10.2. The highest BCUT2D eigenvalue weighted by Gasteiger charge is 2.22. The van der Waals surface area contributed by atoms with Crippen LogP contribution in [0.2, 0.25) is 0 Å². The fourth-order valence-corrected chi connectivity index (χ4v) is 1.10. The van der Waals surface area contributed by atoms with Crippen molar-refractivity contribution in [1.82, 2.24) is 20.1 Å². The Morgan fingerprint density at radius 1 is 1.47 bits per heavy atom. The van der Waals surface area contributed by atoms with Crippen molar-refractivity contribution in [1.29, 1.82) is 0 Å². The van der Waals surface area contributed by atoms with Gasteiger partial charge < -0.3 is 16.2 Å². The predicted octanol–water partition coefficient (Wildman–Crippen LogP) is -2.28. The maximum absolute atomic E-state index is 11.4. The summed E-state index contributed by atoms with van der Waals surface area (Å²) >= 11 is 0. The van der Waals surface area contributed by atoms with E-state index in [2.05, 4.69) is 15.4 Å². The second kappa shape index (κ2) is 5.58. The lowest BCUT2D eigenvalue weighted by Crippen LogP contribution is -2.44. The van der Waals surface area contributed by atoms with Gasteiger partial charge in [-0.1, -0.05) is 0 Å². The smallest absolute Gasteiger partial charge is 0.326 e. The number of hydrogen-bond acceptors (Lipinski definition) is 5. The summed E-state index contributed by atoms with van der Waals surface area (Å²) < 4.78 is 1.22. The predicted molar refractivity (Wildman–Crippen MR) is 53.4 cm³/mol. The van der Waals surface area contributed by atoms with Gasteiger partial charge in [-0.3, -0.25) is 9.59 Å². The molecule has 0 aliphatic carbocycles. The lowest BCUT2D eigenvalue weighted by Gasteiger charge is -2.12. The third-order valence-electron chi connectivity index (χ3n) is 1.81. The zero-order valence-corrected chi connectivity index (χ0v) is 8.74. The summed E-state index contributed by atoms with van der Waals surface area (Å²) in [5, 5.41) is 14.6. The van der Waals surface area contributed by atoms with Gasteiger partial charge >= 0.3 is 5.97 Å². The maximum atomic E-state index is 11.4. The van der Waals surface area contributed by atoms with Crippen molar-refractivity contribution >= 4 is 17.8 Å². The molecule has 1 rings (SSSR count). The standard InChI is InChI=1S/C8H11N5O4/c9-6(14)1-5(8(16)17)12-7(15)2-13-4-10-3-11-13/h3-5H,1-2H2,(H2,9,14)(H,12,15)(H,16,17). The first-order valence-corrected chi connectivity index (χ1v) is 4.62. The van der Waals surface area contributed by atoms with E-state index in [9.17, 15) is 14.4 Å².